The first-order valence-electron chi connectivity index (χ1n) is 9.93. The number of hydroxylamine groups is 2. The van der Waals surface area contributed by atoms with Crippen LogP contribution in [-0.2, 0) is 14.4 Å². The summed E-state index contributed by atoms with van der Waals surface area (Å²) in [4.78, 5) is 40.1. The fourth-order valence-corrected chi connectivity index (χ4v) is 3.23. The number of para-hydroxylation sites is 1. The zero-order valence-corrected chi connectivity index (χ0v) is 17.5. The van der Waals surface area contributed by atoms with Crippen molar-refractivity contribution in [3.05, 3.63) is 65.7 Å². The summed E-state index contributed by atoms with van der Waals surface area (Å²) in [5, 5.41) is 14.9. The molecule has 5 N–H and O–H groups in total. The molecule has 0 spiro atoms. The molecule has 2 atom stereocenters. The molecule has 2 aromatic rings. The molecular weight excluding hydrogens is 438 g/mol. The summed E-state index contributed by atoms with van der Waals surface area (Å²) >= 11 is 0. The summed E-state index contributed by atoms with van der Waals surface area (Å²) < 4.78 is 28.4. The van der Waals surface area contributed by atoms with Gasteiger partial charge >= 0.3 is 12.0 Å². The highest BCUT2D eigenvalue weighted by Gasteiger charge is 2.31. The molecule has 0 aromatic heterocycles. The van der Waals surface area contributed by atoms with Crippen LogP contribution in [-0.4, -0.2) is 40.7 Å². The van der Waals surface area contributed by atoms with Gasteiger partial charge in [0.15, 0.2) is 6.10 Å². The Morgan fingerprint density at radius 2 is 1.79 bits per heavy atom. The highest BCUT2D eigenvalue weighted by atomic mass is 19.1. The van der Waals surface area contributed by atoms with E-state index in [1.807, 2.05) is 0 Å². The maximum Gasteiger partial charge on any atom is 0.323 e. The molecule has 1 aliphatic heterocycles. The maximum atomic E-state index is 14.7. The second-order valence-electron chi connectivity index (χ2n) is 7.50. The van der Waals surface area contributed by atoms with E-state index in [0.29, 0.717) is 11.3 Å². The SMILES string of the molecule is CC(CC(=O)O)CN1OC(C(N)=O)C=C1c1ccc(NC(=O)Nc2ccccc2F)c(F)c1. The van der Waals surface area contributed by atoms with Gasteiger partial charge in [0.1, 0.15) is 11.6 Å². The number of nitrogens with zero attached hydrogens (tertiary/aromatic N) is 1. The Kier molecular flexibility index (Phi) is 7.23. The van der Waals surface area contributed by atoms with Crippen LogP contribution in [0.3, 0.4) is 0 Å². The fraction of sp³-hybridized carbons (Fsp3) is 0.227. The Labute approximate surface area is 187 Å². The summed E-state index contributed by atoms with van der Waals surface area (Å²) in [6.07, 6.45) is 0.176. The van der Waals surface area contributed by atoms with E-state index < -0.39 is 35.6 Å². The van der Waals surface area contributed by atoms with Gasteiger partial charge in [-0.3, -0.25) is 19.5 Å². The van der Waals surface area contributed by atoms with Gasteiger partial charge in [0.05, 0.1) is 17.1 Å². The van der Waals surface area contributed by atoms with Crippen molar-refractivity contribution >= 4 is 35.0 Å². The van der Waals surface area contributed by atoms with Crippen LogP contribution in [0.25, 0.3) is 5.70 Å². The summed E-state index contributed by atoms with van der Waals surface area (Å²) in [7, 11) is 0. The molecule has 3 rings (SSSR count). The smallest absolute Gasteiger partial charge is 0.323 e. The van der Waals surface area contributed by atoms with E-state index >= 15 is 0 Å². The van der Waals surface area contributed by atoms with Crippen molar-refractivity contribution in [2.45, 2.75) is 19.4 Å². The number of nitrogens with two attached hydrogens (primary N) is 1. The van der Waals surface area contributed by atoms with Crippen molar-refractivity contribution in [2.75, 3.05) is 17.2 Å². The molecule has 9 nitrogen and oxygen atoms in total. The van der Waals surface area contributed by atoms with Crippen molar-refractivity contribution in [1.82, 2.24) is 5.06 Å². The number of nitrogens with one attached hydrogen (secondary N) is 2. The van der Waals surface area contributed by atoms with E-state index in [-0.39, 0.29) is 30.3 Å². The van der Waals surface area contributed by atoms with Gasteiger partial charge in [0.25, 0.3) is 5.91 Å². The first kappa shape index (κ1) is 23.7. The number of amides is 3. The molecule has 0 fully saturated rings. The highest BCUT2D eigenvalue weighted by molar-refractivity contribution is 6.00. The normalized spacial score (nSPS) is 16.2. The van der Waals surface area contributed by atoms with Gasteiger partial charge in [-0.1, -0.05) is 25.1 Å². The molecule has 0 saturated carbocycles. The molecule has 1 aliphatic rings. The molecule has 1 heterocycles. The number of anilines is 2. The zero-order chi connectivity index (χ0) is 24.1. The monoisotopic (exact) mass is 460 g/mol. The molecule has 0 aliphatic carbocycles. The van der Waals surface area contributed by atoms with E-state index in [9.17, 15) is 23.2 Å². The lowest BCUT2D eigenvalue weighted by atomic mass is 10.1. The molecule has 11 heteroatoms. The third-order valence-electron chi connectivity index (χ3n) is 4.73. The van der Waals surface area contributed by atoms with E-state index in [1.165, 1.54) is 47.5 Å². The number of hydrogen-bond acceptors (Lipinski definition) is 5. The molecule has 3 amide bonds. The van der Waals surface area contributed by atoms with Crippen LogP contribution >= 0.6 is 0 Å². The van der Waals surface area contributed by atoms with Crippen molar-refractivity contribution in [3.8, 4) is 0 Å². The van der Waals surface area contributed by atoms with Gasteiger partial charge in [0, 0.05) is 18.5 Å². The average Bonchev–Trinajstić information content (AvgIpc) is 3.14. The van der Waals surface area contributed by atoms with Crippen LogP contribution < -0.4 is 16.4 Å². The Hall–Kier alpha value is -3.99. The summed E-state index contributed by atoms with van der Waals surface area (Å²) in [6, 6.07) is 8.58. The molecule has 0 radical (unpaired) electrons. The second-order valence-corrected chi connectivity index (χ2v) is 7.50. The third kappa shape index (κ3) is 6.04. The molecule has 2 unspecified atom stereocenters. The van der Waals surface area contributed by atoms with Crippen LogP contribution in [0.2, 0.25) is 0 Å². The van der Waals surface area contributed by atoms with Gasteiger partial charge in [-0.05, 0) is 36.3 Å². The standard InChI is InChI=1S/C22H22F2N4O5/c1-12(8-20(29)30)11-28-18(10-19(33-28)21(25)31)13-6-7-17(15(24)9-13)27-22(32)26-16-5-3-2-4-14(16)23/h2-7,9-10,12,19H,8,11H2,1H3,(H2,25,31)(H,29,30)(H2,26,27,32). The van der Waals surface area contributed by atoms with E-state index in [0.717, 1.165) is 6.07 Å². The first-order chi connectivity index (χ1) is 15.6. The topological polar surface area (TPSA) is 134 Å². The van der Waals surface area contributed by atoms with Crippen molar-refractivity contribution < 1.29 is 33.1 Å². The lowest BCUT2D eigenvalue weighted by Crippen LogP contribution is -2.33. The molecule has 0 bridgehead atoms. The van der Waals surface area contributed by atoms with Crippen molar-refractivity contribution in [2.24, 2.45) is 11.7 Å². The van der Waals surface area contributed by atoms with Crippen molar-refractivity contribution in [1.29, 1.82) is 0 Å². The lowest BCUT2D eigenvalue weighted by Gasteiger charge is -2.25. The van der Waals surface area contributed by atoms with E-state index in [1.54, 1.807) is 6.92 Å². The highest BCUT2D eigenvalue weighted by Crippen LogP contribution is 2.31. The Bertz CT molecular complexity index is 1110. The number of carboxylic acids is 1. The predicted molar refractivity (Wildman–Crippen MR) is 116 cm³/mol. The van der Waals surface area contributed by atoms with E-state index in [4.69, 9.17) is 15.7 Å². The van der Waals surface area contributed by atoms with Crippen LogP contribution in [0.4, 0.5) is 25.0 Å². The minimum Gasteiger partial charge on any atom is -0.481 e. The number of aliphatic carboxylic acids is 1. The number of carboxylic acid groups (broad SMARTS) is 1. The Morgan fingerprint density at radius 1 is 1.12 bits per heavy atom. The quantitative estimate of drug-likeness (QED) is 0.478. The number of halogens is 2. The first-order valence-corrected chi connectivity index (χ1v) is 9.93. The Morgan fingerprint density at radius 3 is 2.39 bits per heavy atom. The fourth-order valence-electron chi connectivity index (χ4n) is 3.23. The average molecular weight is 460 g/mol. The molecule has 0 saturated heterocycles. The molecule has 2 aromatic carbocycles. The Balaban J connectivity index is 1.76. The number of benzene rings is 2. The molecule has 174 valence electrons. The predicted octanol–water partition coefficient (Wildman–Crippen LogP) is 3.16. The number of rotatable bonds is 8. The van der Waals surface area contributed by atoms with Gasteiger partial charge in [-0.25, -0.2) is 13.6 Å². The van der Waals surface area contributed by atoms with Gasteiger partial charge in [-0.2, -0.15) is 0 Å². The number of carbonyl (C=O) groups is 3. The number of hydrogen-bond donors (Lipinski definition) is 4. The van der Waals surface area contributed by atoms with E-state index in [2.05, 4.69) is 10.6 Å². The largest absolute Gasteiger partial charge is 0.481 e. The third-order valence-corrected chi connectivity index (χ3v) is 4.73. The van der Waals surface area contributed by atoms with Crippen LogP contribution in [0.1, 0.15) is 18.9 Å². The zero-order valence-electron chi connectivity index (χ0n) is 17.5. The van der Waals surface area contributed by atoms with Crippen LogP contribution in [0, 0.1) is 17.6 Å². The minimum atomic E-state index is -1.09. The van der Waals surface area contributed by atoms with Crippen molar-refractivity contribution in [3.63, 3.8) is 0 Å². The van der Waals surface area contributed by atoms with Crippen LogP contribution in [0.5, 0.6) is 0 Å². The van der Waals surface area contributed by atoms with Gasteiger partial charge in [-0.15, -0.1) is 0 Å². The molecular formula is C22H22F2N4O5. The minimum absolute atomic E-state index is 0.0658. The second kappa shape index (κ2) is 10.1. The molecule has 33 heavy (non-hydrogen) atoms. The summed E-state index contributed by atoms with van der Waals surface area (Å²) in [6.45, 7) is 1.81. The lowest BCUT2D eigenvalue weighted by molar-refractivity contribution is -0.156. The van der Waals surface area contributed by atoms with Gasteiger partial charge in [0.2, 0.25) is 0 Å². The number of primary amides is 1. The summed E-state index contributed by atoms with van der Waals surface area (Å²) in [5.74, 6) is -3.53. The summed E-state index contributed by atoms with van der Waals surface area (Å²) in [5.41, 5.74) is 5.73. The maximum absolute atomic E-state index is 14.7. The number of urea groups is 1. The number of carbonyl (C=O) groups excluding carboxylic acids is 2. The van der Waals surface area contributed by atoms with Gasteiger partial charge < -0.3 is 21.5 Å². The van der Waals surface area contributed by atoms with Crippen LogP contribution in [0.15, 0.2) is 48.5 Å².